The van der Waals surface area contributed by atoms with Crippen LogP contribution in [0.4, 0.5) is 4.39 Å². The van der Waals surface area contributed by atoms with Crippen LogP contribution in [0.2, 0.25) is 0 Å². The number of ether oxygens (including phenoxy) is 2. The monoisotopic (exact) mass is 298 g/mol. The lowest BCUT2D eigenvalue weighted by atomic mass is 9.68. The van der Waals surface area contributed by atoms with Crippen molar-refractivity contribution in [3.05, 3.63) is 17.4 Å². The van der Waals surface area contributed by atoms with E-state index in [2.05, 4.69) is 0 Å². The quantitative estimate of drug-likeness (QED) is 0.894. The number of rotatable bonds is 4. The van der Waals surface area contributed by atoms with Gasteiger partial charge in [-0.3, -0.25) is 4.79 Å². The van der Waals surface area contributed by atoms with E-state index in [0.717, 1.165) is 12.5 Å². The molecule has 1 aliphatic carbocycles. The van der Waals surface area contributed by atoms with E-state index in [4.69, 9.17) is 9.47 Å². The van der Waals surface area contributed by atoms with Gasteiger partial charge in [-0.15, -0.1) is 0 Å². The van der Waals surface area contributed by atoms with Gasteiger partial charge in [0.15, 0.2) is 23.1 Å². The normalized spacial score (nSPS) is 17.3. The van der Waals surface area contributed by atoms with Crippen molar-refractivity contribution < 1.29 is 28.9 Å². The zero-order valence-electron chi connectivity index (χ0n) is 12.1. The van der Waals surface area contributed by atoms with E-state index in [-0.39, 0.29) is 17.1 Å². The first-order valence-corrected chi connectivity index (χ1v) is 6.85. The van der Waals surface area contributed by atoms with Gasteiger partial charge in [0, 0.05) is 6.07 Å². The molecule has 1 aromatic rings. The molecule has 1 saturated carbocycles. The molecule has 0 radical (unpaired) electrons. The molecule has 21 heavy (non-hydrogen) atoms. The van der Waals surface area contributed by atoms with Crippen LogP contribution in [0.3, 0.4) is 0 Å². The molecule has 0 saturated heterocycles. The van der Waals surface area contributed by atoms with Gasteiger partial charge in [0.25, 0.3) is 0 Å². The number of hydrogen-bond donors (Lipinski definition) is 2. The van der Waals surface area contributed by atoms with Crippen molar-refractivity contribution in [3.63, 3.8) is 0 Å². The molecule has 6 heteroatoms. The SMILES string of the molecule is COc1cc(F)c(O)c(C2(C(=O)O)CCCCC2)c1OC. The van der Waals surface area contributed by atoms with Crippen LogP contribution in [0, 0.1) is 5.82 Å². The van der Waals surface area contributed by atoms with Crippen LogP contribution in [0.15, 0.2) is 6.07 Å². The molecule has 2 N–H and O–H groups in total. The summed E-state index contributed by atoms with van der Waals surface area (Å²) in [7, 11) is 2.68. The standard InChI is InChI=1S/C15H19FO5/c1-20-10-8-9(16)12(17)11(13(10)21-2)15(14(18)19)6-4-3-5-7-15/h8,17H,3-7H2,1-2H3,(H,18,19). The van der Waals surface area contributed by atoms with Crippen LogP contribution in [-0.2, 0) is 10.2 Å². The molecular formula is C15H19FO5. The third kappa shape index (κ3) is 2.39. The highest BCUT2D eigenvalue weighted by Gasteiger charge is 2.46. The number of halogens is 1. The van der Waals surface area contributed by atoms with Gasteiger partial charge in [0.05, 0.1) is 19.8 Å². The second kappa shape index (κ2) is 5.79. The van der Waals surface area contributed by atoms with E-state index in [1.807, 2.05) is 0 Å². The second-order valence-electron chi connectivity index (χ2n) is 5.27. The molecule has 2 rings (SSSR count). The van der Waals surface area contributed by atoms with Gasteiger partial charge in [0.1, 0.15) is 5.41 Å². The van der Waals surface area contributed by atoms with Crippen LogP contribution < -0.4 is 9.47 Å². The van der Waals surface area contributed by atoms with Gasteiger partial charge >= 0.3 is 5.97 Å². The number of methoxy groups -OCH3 is 2. The Morgan fingerprint density at radius 3 is 2.33 bits per heavy atom. The van der Waals surface area contributed by atoms with Crippen molar-refractivity contribution in [2.75, 3.05) is 14.2 Å². The Morgan fingerprint density at radius 2 is 1.86 bits per heavy atom. The molecule has 0 aromatic heterocycles. The summed E-state index contributed by atoms with van der Waals surface area (Å²) in [5.41, 5.74) is -1.36. The molecule has 0 aliphatic heterocycles. The Morgan fingerprint density at radius 1 is 1.24 bits per heavy atom. The first-order valence-electron chi connectivity index (χ1n) is 6.85. The first-order chi connectivity index (χ1) is 9.97. The van der Waals surface area contributed by atoms with Crippen molar-refractivity contribution in [2.45, 2.75) is 37.5 Å². The third-order valence-corrected chi connectivity index (χ3v) is 4.19. The van der Waals surface area contributed by atoms with Gasteiger partial charge < -0.3 is 19.7 Å². The van der Waals surface area contributed by atoms with E-state index in [1.54, 1.807) is 0 Å². The topological polar surface area (TPSA) is 76.0 Å². The lowest BCUT2D eigenvalue weighted by Gasteiger charge is -2.35. The number of carboxylic acid groups (broad SMARTS) is 1. The molecule has 0 spiro atoms. The highest BCUT2D eigenvalue weighted by atomic mass is 19.1. The fourth-order valence-electron chi connectivity index (χ4n) is 3.12. The summed E-state index contributed by atoms with van der Waals surface area (Å²) in [4.78, 5) is 11.9. The summed E-state index contributed by atoms with van der Waals surface area (Å²) in [5.74, 6) is -2.50. The van der Waals surface area contributed by atoms with Gasteiger partial charge in [-0.05, 0) is 12.8 Å². The Labute approximate surface area is 122 Å². The van der Waals surface area contributed by atoms with E-state index in [9.17, 15) is 19.4 Å². The van der Waals surface area contributed by atoms with E-state index in [1.165, 1.54) is 14.2 Å². The van der Waals surface area contributed by atoms with Crippen molar-refractivity contribution in [3.8, 4) is 17.2 Å². The molecule has 0 heterocycles. The van der Waals surface area contributed by atoms with Crippen molar-refractivity contribution in [1.82, 2.24) is 0 Å². The Bertz CT molecular complexity index is 549. The summed E-state index contributed by atoms with van der Waals surface area (Å²) < 4.78 is 24.2. The van der Waals surface area contributed by atoms with Crippen molar-refractivity contribution in [1.29, 1.82) is 0 Å². The molecule has 1 aliphatic rings. The van der Waals surface area contributed by atoms with Gasteiger partial charge in [-0.1, -0.05) is 19.3 Å². The summed E-state index contributed by atoms with van der Waals surface area (Å²) in [6.07, 6.45) is 2.99. The zero-order valence-corrected chi connectivity index (χ0v) is 12.1. The number of carbonyl (C=O) groups is 1. The average Bonchev–Trinajstić information content (AvgIpc) is 2.49. The number of phenolic OH excluding ortho intramolecular Hbond substituents is 1. The minimum atomic E-state index is -1.34. The first kappa shape index (κ1) is 15.4. The van der Waals surface area contributed by atoms with Crippen LogP contribution in [0.1, 0.15) is 37.7 Å². The van der Waals surface area contributed by atoms with Crippen LogP contribution >= 0.6 is 0 Å². The van der Waals surface area contributed by atoms with Gasteiger partial charge in [0.2, 0.25) is 0 Å². The predicted octanol–water partition coefficient (Wildman–Crippen LogP) is 2.84. The maximum atomic E-state index is 14.0. The molecule has 116 valence electrons. The van der Waals surface area contributed by atoms with Gasteiger partial charge in [-0.25, -0.2) is 4.39 Å². The minimum Gasteiger partial charge on any atom is -0.505 e. The maximum absolute atomic E-state index is 14.0. The number of phenols is 1. The van der Waals surface area contributed by atoms with Crippen LogP contribution in [0.5, 0.6) is 17.2 Å². The van der Waals surface area contributed by atoms with Crippen molar-refractivity contribution in [2.24, 2.45) is 0 Å². The van der Waals surface area contributed by atoms with E-state index in [0.29, 0.717) is 25.7 Å². The highest BCUT2D eigenvalue weighted by Crippen LogP contribution is 2.51. The van der Waals surface area contributed by atoms with Crippen LogP contribution in [0.25, 0.3) is 0 Å². The number of benzene rings is 1. The molecule has 1 aromatic carbocycles. The number of aromatic hydroxyl groups is 1. The molecule has 0 atom stereocenters. The lowest BCUT2D eigenvalue weighted by Crippen LogP contribution is -2.38. The molecule has 0 amide bonds. The third-order valence-electron chi connectivity index (χ3n) is 4.19. The predicted molar refractivity (Wildman–Crippen MR) is 73.6 cm³/mol. The smallest absolute Gasteiger partial charge is 0.314 e. The summed E-state index contributed by atoms with van der Waals surface area (Å²) >= 11 is 0. The fraction of sp³-hybridized carbons (Fsp3) is 0.533. The van der Waals surface area contributed by atoms with Gasteiger partial charge in [-0.2, -0.15) is 0 Å². The molecule has 5 nitrogen and oxygen atoms in total. The molecule has 0 unspecified atom stereocenters. The number of carboxylic acids is 1. The maximum Gasteiger partial charge on any atom is 0.314 e. The summed E-state index contributed by atoms with van der Waals surface area (Å²) in [5, 5.41) is 19.8. The molecule has 0 bridgehead atoms. The molecular weight excluding hydrogens is 279 g/mol. The molecule has 1 fully saturated rings. The zero-order chi connectivity index (χ0) is 15.6. The number of hydrogen-bond acceptors (Lipinski definition) is 4. The largest absolute Gasteiger partial charge is 0.505 e. The number of aliphatic carboxylic acids is 1. The Kier molecular flexibility index (Phi) is 4.25. The van der Waals surface area contributed by atoms with Crippen LogP contribution in [-0.4, -0.2) is 30.4 Å². The fourth-order valence-corrected chi connectivity index (χ4v) is 3.12. The van der Waals surface area contributed by atoms with E-state index >= 15 is 0 Å². The Balaban J connectivity index is 2.75. The van der Waals surface area contributed by atoms with Crippen molar-refractivity contribution >= 4 is 5.97 Å². The lowest BCUT2D eigenvalue weighted by molar-refractivity contribution is -0.145. The Hall–Kier alpha value is -1.98. The summed E-state index contributed by atoms with van der Waals surface area (Å²) in [6.45, 7) is 0. The second-order valence-corrected chi connectivity index (χ2v) is 5.27. The average molecular weight is 298 g/mol. The summed E-state index contributed by atoms with van der Waals surface area (Å²) in [6, 6.07) is 0.996. The highest BCUT2D eigenvalue weighted by molar-refractivity contribution is 5.84. The minimum absolute atomic E-state index is 0.0194. The van der Waals surface area contributed by atoms with E-state index < -0.39 is 23.0 Å².